The molecule has 1 amide bonds. The molecule has 242 valence electrons. The van der Waals surface area contributed by atoms with Crippen molar-refractivity contribution in [3.05, 3.63) is 47.9 Å². The van der Waals surface area contributed by atoms with Crippen molar-refractivity contribution in [3.63, 3.8) is 0 Å². The lowest BCUT2D eigenvalue weighted by Gasteiger charge is -2.44. The lowest BCUT2D eigenvalue weighted by Crippen LogP contribution is -2.59. The highest BCUT2D eigenvalue weighted by atomic mass is 32.2. The number of sulfone groups is 1. The number of piperidine rings is 1. The van der Waals surface area contributed by atoms with Crippen LogP contribution < -0.4 is 10.6 Å². The van der Waals surface area contributed by atoms with Gasteiger partial charge in [0.25, 0.3) is 5.91 Å². The Morgan fingerprint density at radius 2 is 1.91 bits per heavy atom. The molecule has 3 aromatic rings. The van der Waals surface area contributed by atoms with Crippen LogP contribution in [0.25, 0.3) is 11.0 Å². The number of anilines is 1. The second-order valence-corrected chi connectivity index (χ2v) is 13.4. The molecule has 2 aromatic heterocycles. The topological polar surface area (TPSA) is 118 Å². The van der Waals surface area contributed by atoms with Crippen LogP contribution in [0.4, 0.5) is 23.2 Å². The smallest absolute Gasteiger partial charge is 0.381 e. The molecule has 10 nitrogen and oxygen atoms in total. The van der Waals surface area contributed by atoms with E-state index in [1.54, 1.807) is 0 Å². The van der Waals surface area contributed by atoms with Crippen LogP contribution in [0, 0.1) is 17.8 Å². The van der Waals surface area contributed by atoms with E-state index >= 15 is 4.39 Å². The molecule has 0 aliphatic carbocycles. The summed E-state index contributed by atoms with van der Waals surface area (Å²) in [5.74, 6) is 4.85. The van der Waals surface area contributed by atoms with Gasteiger partial charge >= 0.3 is 6.18 Å². The van der Waals surface area contributed by atoms with Crippen molar-refractivity contribution >= 4 is 32.5 Å². The number of imidazole rings is 1. The maximum absolute atomic E-state index is 15.5. The minimum Gasteiger partial charge on any atom is -0.381 e. The summed E-state index contributed by atoms with van der Waals surface area (Å²) in [5, 5.41) is 5.68. The van der Waals surface area contributed by atoms with E-state index in [1.165, 1.54) is 30.5 Å². The van der Waals surface area contributed by atoms with Gasteiger partial charge in [0.2, 0.25) is 0 Å². The number of aromatic nitrogens is 3. The number of likely N-dealkylation sites (tertiary alicyclic amines) is 1. The summed E-state index contributed by atoms with van der Waals surface area (Å²) in [4.78, 5) is 23.7. The highest BCUT2D eigenvalue weighted by Gasteiger charge is 2.39. The molecule has 0 spiro atoms. The van der Waals surface area contributed by atoms with Crippen LogP contribution in [0.3, 0.4) is 0 Å². The predicted molar refractivity (Wildman–Crippen MR) is 159 cm³/mol. The Balaban J connectivity index is 1.35. The van der Waals surface area contributed by atoms with Crippen molar-refractivity contribution in [1.29, 1.82) is 0 Å². The van der Waals surface area contributed by atoms with E-state index in [4.69, 9.17) is 4.74 Å². The standard InChI is InChI=1S/C30H34F4N6O4S/c1-19-15-39(22-7-10-44-11-8-22)16-24(31)27(19)38-29(41)23-12-20(13-25-28(23)37-18-40(25)17-30(32,33)34)4-3-9-35-21-5-6-26(36-14-21)45(2,42)43/h5-6,12-14,18-19,22,24,27,35H,7-11,15-17H2,1-2H3,(H,38,41)/t19-,24-,27+/m0/s1. The monoisotopic (exact) mass is 650 g/mol. The summed E-state index contributed by atoms with van der Waals surface area (Å²) in [5.41, 5.74) is 0.894. The molecule has 2 N–H and O–H groups in total. The normalized spacial score (nSPS) is 21.7. The highest BCUT2D eigenvalue weighted by Crippen LogP contribution is 2.28. The number of benzene rings is 1. The lowest BCUT2D eigenvalue weighted by atomic mass is 9.89. The fourth-order valence-electron chi connectivity index (χ4n) is 5.79. The number of carbonyl (C=O) groups is 1. The Morgan fingerprint density at radius 1 is 1.16 bits per heavy atom. The number of pyridine rings is 1. The van der Waals surface area contributed by atoms with Gasteiger partial charge in [0, 0.05) is 44.2 Å². The summed E-state index contributed by atoms with van der Waals surface area (Å²) >= 11 is 0. The van der Waals surface area contributed by atoms with Crippen molar-refractivity contribution in [2.45, 2.75) is 55.8 Å². The van der Waals surface area contributed by atoms with Gasteiger partial charge in [-0.05, 0) is 43.0 Å². The van der Waals surface area contributed by atoms with Gasteiger partial charge in [-0.2, -0.15) is 13.2 Å². The maximum atomic E-state index is 15.5. The van der Waals surface area contributed by atoms with Crippen molar-refractivity contribution in [3.8, 4) is 11.8 Å². The van der Waals surface area contributed by atoms with Crippen molar-refractivity contribution in [2.24, 2.45) is 5.92 Å². The van der Waals surface area contributed by atoms with E-state index in [-0.39, 0.29) is 52.2 Å². The van der Waals surface area contributed by atoms with E-state index < -0.39 is 40.7 Å². The Labute approximate surface area is 258 Å². The van der Waals surface area contributed by atoms with Crippen LogP contribution in [0.2, 0.25) is 0 Å². The second kappa shape index (κ2) is 13.3. The maximum Gasteiger partial charge on any atom is 0.406 e. The Hall–Kier alpha value is -3.74. The van der Waals surface area contributed by atoms with Crippen LogP contribution in [-0.2, 0) is 21.1 Å². The fourth-order valence-corrected chi connectivity index (χ4v) is 6.35. The summed E-state index contributed by atoms with van der Waals surface area (Å²) in [6.07, 6.45) is -0.808. The zero-order valence-corrected chi connectivity index (χ0v) is 25.6. The molecule has 0 unspecified atom stereocenters. The van der Waals surface area contributed by atoms with Gasteiger partial charge in [0.05, 0.1) is 41.9 Å². The summed E-state index contributed by atoms with van der Waals surface area (Å²) in [6.45, 7) is 2.68. The average molecular weight is 651 g/mol. The molecular formula is C30H34F4N6O4S. The zero-order chi connectivity index (χ0) is 32.4. The summed E-state index contributed by atoms with van der Waals surface area (Å²) in [6, 6.07) is 5.18. The van der Waals surface area contributed by atoms with Crippen LogP contribution in [0.1, 0.15) is 35.7 Å². The molecule has 3 atom stereocenters. The molecule has 2 fully saturated rings. The van der Waals surface area contributed by atoms with Crippen molar-refractivity contribution < 1.29 is 35.5 Å². The molecule has 2 saturated heterocycles. The fraction of sp³-hybridized carbons (Fsp3) is 0.500. The number of hydrogen-bond acceptors (Lipinski definition) is 8. The third-order valence-corrected chi connectivity index (χ3v) is 8.99. The van der Waals surface area contributed by atoms with Crippen molar-refractivity contribution in [1.82, 2.24) is 24.8 Å². The number of halogens is 4. The van der Waals surface area contributed by atoms with Crippen molar-refractivity contribution in [2.75, 3.05) is 44.4 Å². The van der Waals surface area contributed by atoms with Gasteiger partial charge in [-0.25, -0.2) is 22.8 Å². The summed E-state index contributed by atoms with van der Waals surface area (Å²) in [7, 11) is -3.45. The van der Waals surface area contributed by atoms with Crippen LogP contribution >= 0.6 is 0 Å². The molecular weight excluding hydrogens is 616 g/mol. The third-order valence-electron chi connectivity index (χ3n) is 7.99. The van der Waals surface area contributed by atoms with E-state index in [0.29, 0.717) is 25.4 Å². The number of nitrogens with one attached hydrogen (secondary N) is 2. The number of amides is 1. The molecule has 2 aliphatic heterocycles. The minimum absolute atomic E-state index is 0.00231. The van der Waals surface area contributed by atoms with Crippen LogP contribution in [-0.4, -0.2) is 97.3 Å². The first-order chi connectivity index (χ1) is 21.3. The Bertz CT molecular complexity index is 1680. The predicted octanol–water partition coefficient (Wildman–Crippen LogP) is 3.43. The van der Waals surface area contributed by atoms with Gasteiger partial charge < -0.3 is 19.9 Å². The van der Waals surface area contributed by atoms with Gasteiger partial charge in [-0.15, -0.1) is 0 Å². The van der Waals surface area contributed by atoms with E-state index in [1.807, 2.05) is 6.92 Å². The number of fused-ring (bicyclic) bond motifs is 1. The molecule has 1 aromatic carbocycles. The molecule has 0 saturated carbocycles. The molecule has 4 heterocycles. The third kappa shape index (κ3) is 8.11. The number of rotatable bonds is 7. The van der Waals surface area contributed by atoms with E-state index in [0.717, 1.165) is 30.0 Å². The molecule has 15 heteroatoms. The molecule has 5 rings (SSSR count). The van der Waals surface area contributed by atoms with E-state index in [9.17, 15) is 26.4 Å². The Kier molecular flexibility index (Phi) is 9.66. The Morgan fingerprint density at radius 3 is 2.56 bits per heavy atom. The van der Waals surface area contributed by atoms with Gasteiger partial charge in [-0.1, -0.05) is 18.8 Å². The average Bonchev–Trinajstić information content (AvgIpc) is 3.37. The second-order valence-electron chi connectivity index (χ2n) is 11.5. The molecule has 45 heavy (non-hydrogen) atoms. The zero-order valence-electron chi connectivity index (χ0n) is 24.8. The largest absolute Gasteiger partial charge is 0.406 e. The first kappa shape index (κ1) is 32.6. The number of nitrogens with zero attached hydrogens (tertiary/aromatic N) is 4. The van der Waals surface area contributed by atoms with Gasteiger partial charge in [0.1, 0.15) is 18.2 Å². The number of hydrogen-bond donors (Lipinski definition) is 2. The van der Waals surface area contributed by atoms with Crippen LogP contribution in [0.15, 0.2) is 41.8 Å². The summed E-state index contributed by atoms with van der Waals surface area (Å²) < 4.78 is 85.0. The van der Waals surface area contributed by atoms with Gasteiger partial charge in [0.15, 0.2) is 14.9 Å². The number of alkyl halides is 4. The van der Waals surface area contributed by atoms with Gasteiger partial charge in [-0.3, -0.25) is 9.69 Å². The lowest BCUT2D eigenvalue weighted by molar-refractivity contribution is -0.139. The first-order valence-electron chi connectivity index (χ1n) is 14.5. The quantitative estimate of drug-likeness (QED) is 0.295. The molecule has 2 aliphatic rings. The molecule has 0 radical (unpaired) electrons. The highest BCUT2D eigenvalue weighted by molar-refractivity contribution is 7.90. The number of carbonyl (C=O) groups excluding carboxylic acids is 1. The SMILES string of the molecule is C[C@H]1CN(C2CCOCC2)C[C@H](F)[C@@H]1NC(=O)c1cc(C#CCNc2ccc(S(C)(=O)=O)nc2)cc2c1ncn2CC(F)(F)F. The first-order valence-corrected chi connectivity index (χ1v) is 16.4. The molecule has 0 bridgehead atoms. The van der Waals surface area contributed by atoms with Crippen LogP contribution in [0.5, 0.6) is 0 Å². The minimum atomic E-state index is -4.53. The number of ether oxygens (including phenoxy) is 1. The van der Waals surface area contributed by atoms with E-state index in [2.05, 4.69) is 37.3 Å².